The summed E-state index contributed by atoms with van der Waals surface area (Å²) in [5, 5.41) is 11.2. The monoisotopic (exact) mass is 252 g/mol. The lowest BCUT2D eigenvalue weighted by atomic mass is 10.0. The second-order valence-electron chi connectivity index (χ2n) is 4.39. The zero-order valence-electron chi connectivity index (χ0n) is 10.3. The van der Waals surface area contributed by atoms with Gasteiger partial charge in [-0.25, -0.2) is 9.78 Å². The number of benzene rings is 2. The number of fused-ring (bicyclic) bond motifs is 1. The molecule has 0 fully saturated rings. The standard InChI is InChI=1S/C15H12N2O2/c1-9-13(15(18)19)17-14(16-9)12-8-4-6-10-5-2-3-7-11(10)12/h2-8H,1H3,(H,16,17)(H,18,19). The Balaban J connectivity index is 2.25. The molecule has 0 aliphatic carbocycles. The van der Waals surface area contributed by atoms with Crippen LogP contribution in [0.2, 0.25) is 0 Å². The van der Waals surface area contributed by atoms with E-state index in [4.69, 9.17) is 5.11 Å². The summed E-state index contributed by atoms with van der Waals surface area (Å²) < 4.78 is 0. The number of aromatic carboxylic acids is 1. The first kappa shape index (κ1) is 11.5. The Kier molecular flexibility index (Phi) is 2.56. The smallest absolute Gasteiger partial charge is 0.356 e. The number of aromatic amines is 1. The summed E-state index contributed by atoms with van der Waals surface area (Å²) in [6.07, 6.45) is 0. The van der Waals surface area contributed by atoms with Crippen molar-refractivity contribution in [2.24, 2.45) is 0 Å². The van der Waals surface area contributed by atoms with Crippen LogP contribution >= 0.6 is 0 Å². The van der Waals surface area contributed by atoms with Gasteiger partial charge in [0.25, 0.3) is 0 Å². The molecular weight excluding hydrogens is 240 g/mol. The molecule has 0 aliphatic heterocycles. The van der Waals surface area contributed by atoms with E-state index in [0.717, 1.165) is 16.3 Å². The molecule has 2 N–H and O–H groups in total. The lowest BCUT2D eigenvalue weighted by Crippen LogP contribution is -1.98. The van der Waals surface area contributed by atoms with Gasteiger partial charge >= 0.3 is 5.97 Å². The maximum Gasteiger partial charge on any atom is 0.356 e. The lowest BCUT2D eigenvalue weighted by Gasteiger charge is -2.03. The minimum absolute atomic E-state index is 0.0722. The first-order valence-electron chi connectivity index (χ1n) is 5.95. The van der Waals surface area contributed by atoms with Crippen LogP contribution in [-0.4, -0.2) is 21.0 Å². The number of carboxylic acid groups (broad SMARTS) is 1. The summed E-state index contributed by atoms with van der Waals surface area (Å²) in [5.41, 5.74) is 1.55. The summed E-state index contributed by atoms with van der Waals surface area (Å²) in [6, 6.07) is 13.9. The maximum atomic E-state index is 11.0. The van der Waals surface area contributed by atoms with Gasteiger partial charge < -0.3 is 10.1 Å². The molecule has 0 bridgehead atoms. The number of H-pyrrole nitrogens is 1. The van der Waals surface area contributed by atoms with Crippen LogP contribution in [0.3, 0.4) is 0 Å². The molecule has 4 nitrogen and oxygen atoms in total. The molecule has 0 unspecified atom stereocenters. The molecule has 0 saturated carbocycles. The quantitative estimate of drug-likeness (QED) is 0.735. The van der Waals surface area contributed by atoms with E-state index in [0.29, 0.717) is 11.5 Å². The largest absolute Gasteiger partial charge is 0.476 e. The van der Waals surface area contributed by atoms with Crippen molar-refractivity contribution < 1.29 is 9.90 Å². The molecule has 3 rings (SSSR count). The third-order valence-corrected chi connectivity index (χ3v) is 3.13. The summed E-state index contributed by atoms with van der Waals surface area (Å²) in [7, 11) is 0. The minimum atomic E-state index is -1.01. The van der Waals surface area contributed by atoms with E-state index >= 15 is 0 Å². The molecule has 1 aromatic heterocycles. The number of hydrogen-bond donors (Lipinski definition) is 2. The van der Waals surface area contributed by atoms with Gasteiger partial charge in [0.2, 0.25) is 0 Å². The Morgan fingerprint density at radius 3 is 2.63 bits per heavy atom. The number of carbonyl (C=O) groups is 1. The van der Waals surface area contributed by atoms with Crippen molar-refractivity contribution in [3.8, 4) is 11.4 Å². The van der Waals surface area contributed by atoms with Crippen molar-refractivity contribution >= 4 is 16.7 Å². The number of aryl methyl sites for hydroxylation is 1. The van der Waals surface area contributed by atoms with Gasteiger partial charge in [0.15, 0.2) is 5.69 Å². The SMILES string of the molecule is Cc1[nH]c(-c2cccc3ccccc23)nc1C(=O)O. The third kappa shape index (κ3) is 1.87. The Bertz CT molecular complexity index is 769. The molecule has 0 saturated heterocycles. The minimum Gasteiger partial charge on any atom is -0.476 e. The fourth-order valence-electron chi connectivity index (χ4n) is 2.23. The molecule has 0 spiro atoms. The zero-order chi connectivity index (χ0) is 13.4. The molecule has 19 heavy (non-hydrogen) atoms. The predicted octanol–water partition coefficient (Wildman–Crippen LogP) is 3.24. The van der Waals surface area contributed by atoms with E-state index < -0.39 is 5.97 Å². The number of rotatable bonds is 2. The van der Waals surface area contributed by atoms with Gasteiger partial charge in [0, 0.05) is 11.3 Å². The molecule has 0 atom stereocenters. The van der Waals surface area contributed by atoms with Gasteiger partial charge in [0.1, 0.15) is 5.82 Å². The molecule has 0 radical (unpaired) electrons. The van der Waals surface area contributed by atoms with Crippen molar-refractivity contribution in [3.05, 3.63) is 53.9 Å². The normalized spacial score (nSPS) is 10.8. The van der Waals surface area contributed by atoms with Crippen molar-refractivity contribution in [2.75, 3.05) is 0 Å². The van der Waals surface area contributed by atoms with Gasteiger partial charge in [0.05, 0.1) is 0 Å². The number of nitrogens with zero attached hydrogens (tertiary/aromatic N) is 1. The number of aromatic nitrogens is 2. The van der Waals surface area contributed by atoms with Gasteiger partial charge in [-0.3, -0.25) is 0 Å². The van der Waals surface area contributed by atoms with Gasteiger partial charge in [-0.1, -0.05) is 42.5 Å². The third-order valence-electron chi connectivity index (χ3n) is 3.13. The maximum absolute atomic E-state index is 11.0. The highest BCUT2D eigenvalue weighted by Gasteiger charge is 2.15. The predicted molar refractivity (Wildman–Crippen MR) is 73.2 cm³/mol. The fourth-order valence-corrected chi connectivity index (χ4v) is 2.23. The van der Waals surface area contributed by atoms with E-state index in [-0.39, 0.29) is 5.69 Å². The van der Waals surface area contributed by atoms with Crippen LogP contribution in [0.25, 0.3) is 22.2 Å². The van der Waals surface area contributed by atoms with Gasteiger partial charge in [-0.05, 0) is 17.7 Å². The van der Waals surface area contributed by atoms with E-state index in [1.54, 1.807) is 6.92 Å². The highest BCUT2D eigenvalue weighted by atomic mass is 16.4. The summed E-state index contributed by atoms with van der Waals surface area (Å²) >= 11 is 0. The average molecular weight is 252 g/mol. The van der Waals surface area contributed by atoms with Crippen molar-refractivity contribution in [2.45, 2.75) is 6.92 Å². The van der Waals surface area contributed by atoms with Crippen LogP contribution in [0.4, 0.5) is 0 Å². The number of hydrogen-bond acceptors (Lipinski definition) is 2. The van der Waals surface area contributed by atoms with E-state index in [1.807, 2.05) is 42.5 Å². The Hall–Kier alpha value is -2.62. The highest BCUT2D eigenvalue weighted by Crippen LogP contribution is 2.27. The summed E-state index contributed by atoms with van der Waals surface area (Å²) in [5.74, 6) is -0.424. The molecule has 1 heterocycles. The van der Waals surface area contributed by atoms with Crippen LogP contribution < -0.4 is 0 Å². The zero-order valence-corrected chi connectivity index (χ0v) is 10.3. The van der Waals surface area contributed by atoms with Crippen LogP contribution in [-0.2, 0) is 0 Å². The molecule has 3 aromatic rings. The fraction of sp³-hybridized carbons (Fsp3) is 0.0667. The van der Waals surface area contributed by atoms with Crippen molar-refractivity contribution in [1.82, 2.24) is 9.97 Å². The van der Waals surface area contributed by atoms with E-state index in [2.05, 4.69) is 9.97 Å². The first-order chi connectivity index (χ1) is 9.16. The molecular formula is C15H12N2O2. The number of nitrogens with one attached hydrogen (secondary N) is 1. The van der Waals surface area contributed by atoms with Gasteiger partial charge in [-0.2, -0.15) is 0 Å². The molecule has 0 aliphatic rings. The number of carboxylic acids is 1. The highest BCUT2D eigenvalue weighted by molar-refractivity contribution is 5.96. The average Bonchev–Trinajstić information content (AvgIpc) is 2.80. The van der Waals surface area contributed by atoms with Gasteiger partial charge in [-0.15, -0.1) is 0 Å². The number of imidazole rings is 1. The molecule has 2 aromatic carbocycles. The van der Waals surface area contributed by atoms with Crippen LogP contribution in [0, 0.1) is 6.92 Å². The van der Waals surface area contributed by atoms with Crippen LogP contribution in [0.5, 0.6) is 0 Å². The Morgan fingerprint density at radius 1 is 1.16 bits per heavy atom. The summed E-state index contributed by atoms with van der Waals surface area (Å²) in [4.78, 5) is 18.3. The van der Waals surface area contributed by atoms with Crippen LogP contribution in [0.1, 0.15) is 16.2 Å². The molecule has 4 heteroatoms. The van der Waals surface area contributed by atoms with E-state index in [9.17, 15) is 4.79 Å². The Labute approximate surface area is 109 Å². The van der Waals surface area contributed by atoms with Crippen molar-refractivity contribution in [1.29, 1.82) is 0 Å². The molecule has 94 valence electrons. The van der Waals surface area contributed by atoms with Crippen molar-refractivity contribution in [3.63, 3.8) is 0 Å². The van der Waals surface area contributed by atoms with Crippen LogP contribution in [0.15, 0.2) is 42.5 Å². The van der Waals surface area contributed by atoms with E-state index in [1.165, 1.54) is 0 Å². The second kappa shape index (κ2) is 4.24. The Morgan fingerprint density at radius 2 is 1.89 bits per heavy atom. The molecule has 0 amide bonds. The second-order valence-corrected chi connectivity index (χ2v) is 4.39. The first-order valence-corrected chi connectivity index (χ1v) is 5.95. The summed E-state index contributed by atoms with van der Waals surface area (Å²) in [6.45, 7) is 1.71. The lowest BCUT2D eigenvalue weighted by molar-refractivity contribution is 0.0690. The topological polar surface area (TPSA) is 66.0 Å².